The van der Waals surface area contributed by atoms with Gasteiger partial charge in [0.1, 0.15) is 23.0 Å². The highest BCUT2D eigenvalue weighted by Crippen LogP contribution is 2.36. The topological polar surface area (TPSA) is 108 Å². The molecule has 214 valence electrons. The van der Waals surface area contributed by atoms with Crippen molar-refractivity contribution < 1.29 is 21.5 Å². The van der Waals surface area contributed by atoms with E-state index in [9.17, 15) is 4.79 Å². The number of rotatable bonds is 8. The number of carbonyl (C=O) groups is 1. The number of carbonyl (C=O) groups excluding carboxylic acids is 1. The molecular weight excluding hydrogens is 537 g/mol. The van der Waals surface area contributed by atoms with Gasteiger partial charge in [-0.15, -0.1) is 0 Å². The van der Waals surface area contributed by atoms with Gasteiger partial charge in [-0.2, -0.15) is 0 Å². The first kappa shape index (κ1) is 26.5. The molecule has 11 heteroatoms. The van der Waals surface area contributed by atoms with E-state index in [1.54, 1.807) is 36.5 Å². The lowest BCUT2D eigenvalue weighted by Gasteiger charge is -2.14. The number of pyridine rings is 2. The smallest absolute Gasteiger partial charge is 0.269 e. The summed E-state index contributed by atoms with van der Waals surface area (Å²) in [6.07, 6.45) is 7.03. The summed E-state index contributed by atoms with van der Waals surface area (Å²) in [6.45, 7) is 0. The molecule has 0 radical (unpaired) electrons. The molecule has 0 saturated carbocycles. The average molecular weight is 568 g/mol. The van der Waals surface area contributed by atoms with Gasteiger partial charge in [0, 0.05) is 59.4 Å². The van der Waals surface area contributed by atoms with Crippen LogP contribution in [-0.2, 0) is 7.05 Å². The SMILES string of the molecule is CNC(=O)c1cc(Oc2ccc3c(c2)nc(Nc2cc(-c4ccc(-n5cccc5)nc4)cc(F)c2OC)n3C)ccn1.[HH].[HH]. The Kier molecular flexibility index (Phi) is 6.97. The Bertz CT molecular complexity index is 1910. The molecule has 0 atom stereocenters. The van der Waals surface area contributed by atoms with E-state index in [0.29, 0.717) is 34.2 Å². The lowest BCUT2D eigenvalue weighted by Crippen LogP contribution is -2.18. The molecule has 0 aliphatic carbocycles. The van der Waals surface area contributed by atoms with Gasteiger partial charge in [0.05, 0.1) is 23.8 Å². The van der Waals surface area contributed by atoms with Crippen molar-refractivity contribution in [1.82, 2.24) is 29.4 Å². The zero-order chi connectivity index (χ0) is 29.2. The van der Waals surface area contributed by atoms with Crippen molar-refractivity contribution in [2.45, 2.75) is 0 Å². The Morgan fingerprint density at radius 1 is 0.976 bits per heavy atom. The highest BCUT2D eigenvalue weighted by Gasteiger charge is 2.17. The summed E-state index contributed by atoms with van der Waals surface area (Å²) in [4.78, 5) is 25.2. The van der Waals surface area contributed by atoms with Crippen LogP contribution in [0.15, 0.2) is 91.5 Å². The number of hydrogen-bond donors (Lipinski definition) is 2. The molecular formula is C31H30FN7O3. The molecule has 1 amide bonds. The summed E-state index contributed by atoms with van der Waals surface area (Å²) in [7, 11) is 4.81. The van der Waals surface area contributed by atoms with E-state index in [4.69, 9.17) is 14.5 Å². The number of halogens is 1. The van der Waals surface area contributed by atoms with Gasteiger partial charge in [-0.05, 0) is 60.2 Å². The van der Waals surface area contributed by atoms with Crippen LogP contribution in [0.25, 0.3) is 28.0 Å². The zero-order valence-corrected chi connectivity index (χ0v) is 23.0. The third-order valence-electron chi connectivity index (χ3n) is 6.72. The van der Waals surface area contributed by atoms with Crippen LogP contribution >= 0.6 is 0 Å². The number of ether oxygens (including phenoxy) is 2. The van der Waals surface area contributed by atoms with Crippen molar-refractivity contribution in [2.75, 3.05) is 19.5 Å². The lowest BCUT2D eigenvalue weighted by atomic mass is 10.1. The van der Waals surface area contributed by atoms with Gasteiger partial charge in [-0.1, -0.05) is 0 Å². The highest BCUT2D eigenvalue weighted by atomic mass is 19.1. The molecule has 2 N–H and O–H groups in total. The summed E-state index contributed by atoms with van der Waals surface area (Å²) in [6, 6.07) is 19.5. The van der Waals surface area contributed by atoms with Crippen molar-refractivity contribution in [2.24, 2.45) is 7.05 Å². The first-order valence-electron chi connectivity index (χ1n) is 13.0. The number of imidazole rings is 1. The van der Waals surface area contributed by atoms with Crippen molar-refractivity contribution in [3.05, 3.63) is 103 Å². The van der Waals surface area contributed by atoms with Crippen molar-refractivity contribution in [3.63, 3.8) is 0 Å². The van der Waals surface area contributed by atoms with Gasteiger partial charge >= 0.3 is 0 Å². The lowest BCUT2D eigenvalue weighted by molar-refractivity contribution is 0.0958. The molecule has 4 heterocycles. The molecule has 10 nitrogen and oxygen atoms in total. The maximum absolute atomic E-state index is 15.2. The number of anilines is 2. The molecule has 0 bridgehead atoms. The van der Waals surface area contributed by atoms with Crippen LogP contribution in [-0.4, -0.2) is 44.2 Å². The second kappa shape index (κ2) is 11.0. The predicted molar refractivity (Wildman–Crippen MR) is 161 cm³/mol. The normalized spacial score (nSPS) is 11.0. The van der Waals surface area contributed by atoms with E-state index in [0.717, 1.165) is 16.9 Å². The van der Waals surface area contributed by atoms with Crippen molar-refractivity contribution in [3.8, 4) is 34.2 Å². The van der Waals surface area contributed by atoms with Crippen LogP contribution in [0, 0.1) is 5.82 Å². The maximum Gasteiger partial charge on any atom is 0.269 e. The number of benzene rings is 2. The highest BCUT2D eigenvalue weighted by molar-refractivity contribution is 5.92. The summed E-state index contributed by atoms with van der Waals surface area (Å²) in [5.41, 5.74) is 3.51. The van der Waals surface area contributed by atoms with Crippen LogP contribution in [0.4, 0.5) is 16.0 Å². The van der Waals surface area contributed by atoms with Gasteiger partial charge in [-0.3, -0.25) is 9.78 Å². The molecule has 0 unspecified atom stereocenters. The van der Waals surface area contributed by atoms with Gasteiger partial charge in [0.25, 0.3) is 5.91 Å². The first-order valence-corrected chi connectivity index (χ1v) is 13.0. The number of nitrogens with zero attached hydrogens (tertiary/aromatic N) is 5. The van der Waals surface area contributed by atoms with Crippen molar-refractivity contribution >= 4 is 28.6 Å². The summed E-state index contributed by atoms with van der Waals surface area (Å²) in [5.74, 6) is 1.47. The van der Waals surface area contributed by atoms with E-state index in [1.807, 2.05) is 58.9 Å². The van der Waals surface area contributed by atoms with Gasteiger partial charge in [0.15, 0.2) is 11.6 Å². The Morgan fingerprint density at radius 2 is 1.79 bits per heavy atom. The van der Waals surface area contributed by atoms with Gasteiger partial charge in [0.2, 0.25) is 5.95 Å². The van der Waals surface area contributed by atoms with Crippen LogP contribution in [0.3, 0.4) is 0 Å². The molecule has 4 aromatic heterocycles. The van der Waals surface area contributed by atoms with Crippen LogP contribution in [0.5, 0.6) is 17.2 Å². The number of amides is 1. The minimum Gasteiger partial charge on any atom is -0.492 e. The minimum absolute atomic E-state index is 0. The molecule has 6 aromatic rings. The van der Waals surface area contributed by atoms with E-state index < -0.39 is 5.82 Å². The average Bonchev–Trinajstić information content (AvgIpc) is 3.65. The second-order valence-electron chi connectivity index (χ2n) is 9.36. The van der Waals surface area contributed by atoms with Crippen LogP contribution < -0.4 is 20.1 Å². The molecule has 0 saturated heterocycles. The van der Waals surface area contributed by atoms with E-state index in [1.165, 1.54) is 26.4 Å². The molecule has 0 aliphatic rings. The van der Waals surface area contributed by atoms with E-state index in [-0.39, 0.29) is 20.2 Å². The van der Waals surface area contributed by atoms with Gasteiger partial charge < -0.3 is 29.2 Å². The Balaban J connectivity index is 0.00000221. The van der Waals surface area contributed by atoms with Crippen LogP contribution in [0.1, 0.15) is 13.3 Å². The van der Waals surface area contributed by atoms with E-state index in [2.05, 4.69) is 20.6 Å². The minimum atomic E-state index is -0.519. The van der Waals surface area contributed by atoms with Gasteiger partial charge in [-0.25, -0.2) is 14.4 Å². The second-order valence-corrected chi connectivity index (χ2v) is 9.36. The number of aryl methyl sites for hydroxylation is 1. The number of hydrogen-bond acceptors (Lipinski definition) is 7. The molecule has 0 aliphatic heterocycles. The fourth-order valence-corrected chi connectivity index (χ4v) is 4.60. The summed E-state index contributed by atoms with van der Waals surface area (Å²) >= 11 is 0. The first-order chi connectivity index (χ1) is 20.4. The van der Waals surface area contributed by atoms with Crippen molar-refractivity contribution in [1.29, 1.82) is 0 Å². The number of methoxy groups -OCH3 is 1. The Hall–Kier alpha value is -5.71. The Morgan fingerprint density at radius 3 is 2.52 bits per heavy atom. The molecule has 6 rings (SSSR count). The number of nitrogens with one attached hydrogen (secondary N) is 2. The maximum atomic E-state index is 15.2. The summed E-state index contributed by atoms with van der Waals surface area (Å²) < 4.78 is 30.3. The summed E-state index contributed by atoms with van der Waals surface area (Å²) in [5, 5.41) is 5.77. The third kappa shape index (κ3) is 5.10. The number of fused-ring (bicyclic) bond motifs is 1. The monoisotopic (exact) mass is 567 g/mol. The van der Waals surface area contributed by atoms with Crippen LogP contribution in [0.2, 0.25) is 0 Å². The molecule has 0 spiro atoms. The fraction of sp³-hybridized carbons (Fsp3) is 0.0968. The quantitative estimate of drug-likeness (QED) is 0.220. The fourth-order valence-electron chi connectivity index (χ4n) is 4.60. The third-order valence-corrected chi connectivity index (χ3v) is 6.72. The molecule has 0 fully saturated rings. The largest absolute Gasteiger partial charge is 0.492 e. The zero-order valence-electron chi connectivity index (χ0n) is 23.0. The standard InChI is InChI=1S/C31H26FN7O3.2H2/c1-33-30(40)26-17-22(10-11-34-26)42-21-7-8-27-24(16-21)36-31(38(27)2)37-25-15-20(14-23(32)29(25)41-3)19-6-9-28(35-18-19)39-12-4-5-13-39;;/h4-18H,1-3H3,(H,33,40)(H,36,37);2*1H. The predicted octanol–water partition coefficient (Wildman–Crippen LogP) is 6.36. The van der Waals surface area contributed by atoms with E-state index >= 15 is 4.39 Å². The Labute approximate surface area is 243 Å². The number of aromatic nitrogens is 5. The molecule has 2 aromatic carbocycles. The molecule has 42 heavy (non-hydrogen) atoms.